The van der Waals surface area contributed by atoms with Crippen molar-refractivity contribution in [2.45, 2.75) is 53.3 Å². The molecule has 2 N–H and O–H groups in total. The lowest BCUT2D eigenvalue weighted by Gasteiger charge is -2.15. The molecule has 4 aromatic rings. The van der Waals surface area contributed by atoms with Gasteiger partial charge in [-0.2, -0.15) is 5.10 Å². The predicted molar refractivity (Wildman–Crippen MR) is 139 cm³/mol. The average Bonchev–Trinajstić information content (AvgIpc) is 3.64. The molecule has 0 fully saturated rings. The van der Waals surface area contributed by atoms with Crippen LogP contribution in [0.15, 0.2) is 57.7 Å². The van der Waals surface area contributed by atoms with E-state index in [4.69, 9.17) is 25.2 Å². The minimum atomic E-state index is -0.507. The van der Waals surface area contributed by atoms with E-state index in [1.807, 2.05) is 26.0 Å². The van der Waals surface area contributed by atoms with Crippen LogP contribution in [-0.4, -0.2) is 21.6 Å². The Morgan fingerprint density at radius 3 is 2.68 bits per heavy atom. The van der Waals surface area contributed by atoms with Gasteiger partial charge in [-0.1, -0.05) is 25.4 Å². The topological polar surface area (TPSA) is 112 Å². The van der Waals surface area contributed by atoms with E-state index in [0.717, 1.165) is 16.9 Å². The lowest BCUT2D eigenvalue weighted by atomic mass is 10.0. The van der Waals surface area contributed by atoms with E-state index in [0.29, 0.717) is 23.1 Å². The van der Waals surface area contributed by atoms with Crippen LogP contribution in [0.1, 0.15) is 70.4 Å². The molecule has 0 spiro atoms. The third kappa shape index (κ3) is 6.24. The first-order chi connectivity index (χ1) is 17.7. The summed E-state index contributed by atoms with van der Waals surface area (Å²) < 4.78 is 18.5. The predicted octanol–water partition coefficient (Wildman–Crippen LogP) is 5.94. The van der Waals surface area contributed by atoms with Gasteiger partial charge in [0.2, 0.25) is 0 Å². The van der Waals surface area contributed by atoms with Crippen molar-refractivity contribution in [3.8, 4) is 5.75 Å². The van der Waals surface area contributed by atoms with Crippen molar-refractivity contribution < 1.29 is 23.2 Å². The van der Waals surface area contributed by atoms with Gasteiger partial charge in [0.1, 0.15) is 23.9 Å². The Morgan fingerprint density at radius 1 is 1.16 bits per heavy atom. The molecule has 3 heterocycles. The number of hydrogen-bond acceptors (Lipinski definition) is 6. The normalized spacial score (nSPS) is 11.1. The highest BCUT2D eigenvalue weighted by atomic mass is 35.5. The minimum Gasteiger partial charge on any atom is -0.485 e. The fraction of sp³-hybridized carbons (Fsp3) is 0.296. The van der Waals surface area contributed by atoms with Crippen LogP contribution in [0.3, 0.4) is 0 Å². The second-order valence-electron chi connectivity index (χ2n) is 8.81. The van der Waals surface area contributed by atoms with Crippen molar-refractivity contribution in [2.24, 2.45) is 0 Å². The number of nitrogens with one attached hydrogen (secondary N) is 2. The number of anilines is 1. The number of halogens is 1. The van der Waals surface area contributed by atoms with Crippen LogP contribution in [-0.2, 0) is 19.7 Å². The molecule has 0 saturated carbocycles. The van der Waals surface area contributed by atoms with E-state index in [1.54, 1.807) is 35.1 Å². The Kier molecular flexibility index (Phi) is 8.03. The number of aromatic nitrogens is 2. The summed E-state index contributed by atoms with van der Waals surface area (Å²) in [7, 11) is 0. The van der Waals surface area contributed by atoms with Gasteiger partial charge in [0.15, 0.2) is 11.5 Å². The van der Waals surface area contributed by atoms with E-state index in [9.17, 15) is 9.59 Å². The molecular formula is C27H29ClN4O5. The Labute approximate surface area is 219 Å². The summed E-state index contributed by atoms with van der Waals surface area (Å²) in [5, 5.41) is 10.4. The molecule has 0 radical (unpaired) electrons. The number of benzene rings is 1. The fourth-order valence-electron chi connectivity index (χ4n) is 3.66. The maximum Gasteiger partial charge on any atom is 0.291 e. The maximum absolute atomic E-state index is 12.9. The van der Waals surface area contributed by atoms with Gasteiger partial charge >= 0.3 is 0 Å². The van der Waals surface area contributed by atoms with Crippen LogP contribution in [0.5, 0.6) is 5.75 Å². The number of aryl methyl sites for hydroxylation is 2. The molecule has 1 aromatic carbocycles. The number of carbonyl (C=O) groups excluding carboxylic acids is 2. The van der Waals surface area contributed by atoms with Gasteiger partial charge < -0.3 is 24.2 Å². The largest absolute Gasteiger partial charge is 0.485 e. The standard InChI is InChI=1S/C27H29ClN4O5/c1-5-32-14-22(25(31-32)27(34)29-13-18-7-6-10-35-18)30-26(33)23-9-8-19(37-23)15-36-24-11-17(4)21(28)12-20(24)16(2)3/h6-12,14,16H,5,13,15H2,1-4H3,(H,29,34)(H,30,33). The van der Waals surface area contributed by atoms with Gasteiger partial charge in [0.25, 0.3) is 11.8 Å². The molecule has 10 heteroatoms. The Morgan fingerprint density at radius 2 is 1.97 bits per heavy atom. The second-order valence-corrected chi connectivity index (χ2v) is 9.22. The summed E-state index contributed by atoms with van der Waals surface area (Å²) in [6, 6.07) is 10.5. The van der Waals surface area contributed by atoms with E-state index in [-0.39, 0.29) is 36.2 Å². The third-order valence-corrected chi connectivity index (χ3v) is 6.13. The minimum absolute atomic E-state index is 0.0844. The zero-order valence-electron chi connectivity index (χ0n) is 21.1. The molecule has 0 aliphatic heterocycles. The van der Waals surface area contributed by atoms with Crippen molar-refractivity contribution in [1.29, 1.82) is 0 Å². The fourth-order valence-corrected chi connectivity index (χ4v) is 3.84. The summed E-state index contributed by atoms with van der Waals surface area (Å²) in [5.41, 5.74) is 2.27. The summed E-state index contributed by atoms with van der Waals surface area (Å²) in [6.45, 7) is 8.80. The number of ether oxygens (including phenoxy) is 1. The van der Waals surface area contributed by atoms with Crippen LogP contribution in [0.4, 0.5) is 5.69 Å². The molecule has 0 aliphatic rings. The summed E-state index contributed by atoms with van der Waals surface area (Å²) in [6.07, 6.45) is 3.13. The molecule has 0 atom stereocenters. The number of furan rings is 2. The van der Waals surface area contributed by atoms with E-state index in [1.165, 1.54) is 6.26 Å². The SMILES string of the molecule is CCn1cc(NC(=O)c2ccc(COc3cc(C)c(Cl)cc3C(C)C)o2)c(C(=O)NCc2ccco2)n1. The Balaban J connectivity index is 1.43. The first kappa shape index (κ1) is 26.1. The van der Waals surface area contributed by atoms with Crippen LogP contribution >= 0.6 is 11.6 Å². The lowest BCUT2D eigenvalue weighted by Crippen LogP contribution is -2.25. The van der Waals surface area contributed by atoms with E-state index < -0.39 is 11.8 Å². The summed E-state index contributed by atoms with van der Waals surface area (Å²) in [4.78, 5) is 25.6. The van der Waals surface area contributed by atoms with Crippen molar-refractivity contribution in [3.63, 3.8) is 0 Å². The highest BCUT2D eigenvalue weighted by Crippen LogP contribution is 2.32. The van der Waals surface area contributed by atoms with Crippen LogP contribution < -0.4 is 15.4 Å². The van der Waals surface area contributed by atoms with Crippen LogP contribution in [0.25, 0.3) is 0 Å². The van der Waals surface area contributed by atoms with Crippen LogP contribution in [0.2, 0.25) is 5.02 Å². The zero-order chi connectivity index (χ0) is 26.5. The lowest BCUT2D eigenvalue weighted by molar-refractivity contribution is 0.0943. The molecule has 0 aliphatic carbocycles. The van der Waals surface area contributed by atoms with Gasteiger partial charge in [0.05, 0.1) is 18.5 Å². The number of rotatable bonds is 10. The number of carbonyl (C=O) groups is 2. The van der Waals surface area contributed by atoms with Crippen molar-refractivity contribution >= 4 is 29.1 Å². The average molecular weight is 525 g/mol. The molecule has 4 rings (SSSR count). The number of nitrogens with zero attached hydrogens (tertiary/aromatic N) is 2. The number of amides is 2. The molecule has 0 saturated heterocycles. The zero-order valence-corrected chi connectivity index (χ0v) is 21.9. The van der Waals surface area contributed by atoms with Gasteiger partial charge in [-0.05, 0) is 67.3 Å². The molecule has 0 bridgehead atoms. The first-order valence-electron chi connectivity index (χ1n) is 12.0. The highest BCUT2D eigenvalue weighted by Gasteiger charge is 2.21. The Bertz CT molecular complexity index is 1390. The van der Waals surface area contributed by atoms with Crippen molar-refractivity contribution in [1.82, 2.24) is 15.1 Å². The van der Waals surface area contributed by atoms with E-state index in [2.05, 4.69) is 29.6 Å². The number of hydrogen-bond donors (Lipinski definition) is 2. The third-order valence-electron chi connectivity index (χ3n) is 5.72. The Hall–Kier alpha value is -3.98. The quantitative estimate of drug-likeness (QED) is 0.266. The van der Waals surface area contributed by atoms with Crippen LogP contribution in [0, 0.1) is 6.92 Å². The van der Waals surface area contributed by atoms with Gasteiger partial charge in [-0.25, -0.2) is 0 Å². The monoisotopic (exact) mass is 524 g/mol. The molecular weight excluding hydrogens is 496 g/mol. The van der Waals surface area contributed by atoms with Crippen molar-refractivity contribution in [3.05, 3.63) is 88.0 Å². The van der Waals surface area contributed by atoms with Crippen molar-refractivity contribution in [2.75, 3.05) is 5.32 Å². The molecule has 3 aromatic heterocycles. The molecule has 37 heavy (non-hydrogen) atoms. The molecule has 9 nitrogen and oxygen atoms in total. The molecule has 2 amide bonds. The van der Waals surface area contributed by atoms with Gasteiger partial charge in [0, 0.05) is 17.8 Å². The maximum atomic E-state index is 12.9. The first-order valence-corrected chi connectivity index (χ1v) is 12.3. The smallest absolute Gasteiger partial charge is 0.291 e. The molecule has 0 unspecified atom stereocenters. The van der Waals surface area contributed by atoms with E-state index >= 15 is 0 Å². The highest BCUT2D eigenvalue weighted by molar-refractivity contribution is 6.31. The second kappa shape index (κ2) is 11.4. The van der Waals surface area contributed by atoms with Gasteiger partial charge in [-0.3, -0.25) is 14.3 Å². The molecule has 194 valence electrons. The summed E-state index contributed by atoms with van der Waals surface area (Å²) in [5.74, 6) is 1.17. The van der Waals surface area contributed by atoms with Gasteiger partial charge in [-0.15, -0.1) is 0 Å². The summed E-state index contributed by atoms with van der Waals surface area (Å²) >= 11 is 6.28.